The van der Waals surface area contributed by atoms with Crippen LogP contribution in [0.15, 0.2) is 77.9 Å². The lowest BCUT2D eigenvalue weighted by molar-refractivity contribution is 0.0953. The van der Waals surface area contributed by atoms with Gasteiger partial charge in [0.15, 0.2) is 0 Å². The summed E-state index contributed by atoms with van der Waals surface area (Å²) < 4.78 is 12.9. The fourth-order valence-electron chi connectivity index (χ4n) is 2.33. The van der Waals surface area contributed by atoms with E-state index in [2.05, 4.69) is 15.8 Å². The lowest BCUT2D eigenvalue weighted by atomic mass is 10.1. The molecule has 28 heavy (non-hydrogen) atoms. The van der Waals surface area contributed by atoms with Gasteiger partial charge >= 0.3 is 0 Å². The normalized spacial score (nSPS) is 10.6. The molecule has 0 aromatic heterocycles. The van der Waals surface area contributed by atoms with E-state index < -0.39 is 17.6 Å². The molecule has 0 atom stereocenters. The summed E-state index contributed by atoms with van der Waals surface area (Å²) in [6, 6.07) is 17.8. The average Bonchev–Trinajstić information content (AvgIpc) is 2.70. The number of amides is 2. The Bertz CT molecular complexity index is 1020. The molecule has 0 unspecified atom stereocenters. The zero-order valence-corrected chi connectivity index (χ0v) is 14.6. The van der Waals surface area contributed by atoms with Crippen LogP contribution in [0.5, 0.6) is 5.75 Å². The highest BCUT2D eigenvalue weighted by atomic mass is 19.1. The van der Waals surface area contributed by atoms with Crippen LogP contribution >= 0.6 is 0 Å². The SMILES string of the molecule is O=C(N/N=C/c1ccc(O)cc1)c1cccc(NC(=O)c2ccc(F)cc2)c1. The van der Waals surface area contributed by atoms with Gasteiger partial charge in [-0.3, -0.25) is 9.59 Å². The third-order valence-electron chi connectivity index (χ3n) is 3.76. The summed E-state index contributed by atoms with van der Waals surface area (Å²) in [5, 5.41) is 15.8. The van der Waals surface area contributed by atoms with Gasteiger partial charge in [0.05, 0.1) is 6.21 Å². The number of anilines is 1. The first-order chi connectivity index (χ1) is 13.5. The van der Waals surface area contributed by atoms with Gasteiger partial charge in [-0.1, -0.05) is 6.07 Å². The Morgan fingerprint density at radius 2 is 1.61 bits per heavy atom. The minimum atomic E-state index is -0.451. The highest BCUT2D eigenvalue weighted by Crippen LogP contribution is 2.13. The molecule has 2 amide bonds. The van der Waals surface area contributed by atoms with Crippen LogP contribution in [0.4, 0.5) is 10.1 Å². The summed E-state index contributed by atoms with van der Waals surface area (Å²) in [7, 11) is 0. The Kier molecular flexibility index (Phi) is 5.76. The number of nitrogens with zero attached hydrogens (tertiary/aromatic N) is 1. The number of hydrazone groups is 1. The molecule has 0 radical (unpaired) electrons. The van der Waals surface area contributed by atoms with Gasteiger partial charge in [-0.25, -0.2) is 9.82 Å². The molecule has 3 N–H and O–H groups in total. The third-order valence-corrected chi connectivity index (χ3v) is 3.76. The third kappa shape index (κ3) is 5.01. The van der Waals surface area contributed by atoms with Gasteiger partial charge < -0.3 is 10.4 Å². The number of phenols is 1. The molecule has 140 valence electrons. The fourth-order valence-corrected chi connectivity index (χ4v) is 2.33. The minimum absolute atomic E-state index is 0.140. The van der Waals surface area contributed by atoms with Crippen LogP contribution in [0.3, 0.4) is 0 Å². The standard InChI is InChI=1S/C21H16FN3O3/c22-17-8-6-15(7-9-17)20(27)24-18-3-1-2-16(12-18)21(28)25-23-13-14-4-10-19(26)11-5-14/h1-13,26H,(H,24,27)(H,25,28)/b23-13+. The van der Waals surface area contributed by atoms with E-state index in [-0.39, 0.29) is 5.75 Å². The Hall–Kier alpha value is -4.00. The van der Waals surface area contributed by atoms with E-state index in [4.69, 9.17) is 0 Å². The molecule has 0 heterocycles. The van der Waals surface area contributed by atoms with Crippen LogP contribution in [-0.4, -0.2) is 23.1 Å². The largest absolute Gasteiger partial charge is 0.508 e. The van der Waals surface area contributed by atoms with Crippen LogP contribution in [-0.2, 0) is 0 Å². The van der Waals surface area contributed by atoms with E-state index >= 15 is 0 Å². The molecule has 0 bridgehead atoms. The van der Waals surface area contributed by atoms with Crippen LogP contribution in [0.1, 0.15) is 26.3 Å². The number of rotatable bonds is 5. The first-order valence-corrected chi connectivity index (χ1v) is 8.31. The second kappa shape index (κ2) is 8.59. The summed E-state index contributed by atoms with van der Waals surface area (Å²) in [6.07, 6.45) is 1.44. The summed E-state index contributed by atoms with van der Waals surface area (Å²) >= 11 is 0. The van der Waals surface area contributed by atoms with Gasteiger partial charge in [-0.2, -0.15) is 5.10 Å². The predicted molar refractivity (Wildman–Crippen MR) is 104 cm³/mol. The maximum Gasteiger partial charge on any atom is 0.271 e. The molecule has 0 aliphatic heterocycles. The van der Waals surface area contributed by atoms with Gasteiger partial charge in [-0.15, -0.1) is 0 Å². The Morgan fingerprint density at radius 3 is 2.32 bits per heavy atom. The molecule has 0 fully saturated rings. The Balaban J connectivity index is 1.63. The predicted octanol–water partition coefficient (Wildman–Crippen LogP) is 3.55. The second-order valence-corrected chi connectivity index (χ2v) is 5.83. The van der Waals surface area contributed by atoms with E-state index in [1.54, 1.807) is 30.3 Å². The average molecular weight is 377 g/mol. The van der Waals surface area contributed by atoms with E-state index in [0.717, 1.165) is 0 Å². The molecule has 0 aliphatic rings. The molecular formula is C21H16FN3O3. The van der Waals surface area contributed by atoms with E-state index in [0.29, 0.717) is 22.4 Å². The Labute approximate surface area is 160 Å². The van der Waals surface area contributed by atoms with Crippen LogP contribution in [0.2, 0.25) is 0 Å². The molecule has 3 aromatic carbocycles. The van der Waals surface area contributed by atoms with Gasteiger partial charge in [0, 0.05) is 16.8 Å². The number of carbonyl (C=O) groups excluding carboxylic acids is 2. The lowest BCUT2D eigenvalue weighted by Gasteiger charge is -2.07. The first kappa shape index (κ1) is 18.8. The maximum atomic E-state index is 12.9. The zero-order chi connectivity index (χ0) is 19.9. The Morgan fingerprint density at radius 1 is 0.893 bits per heavy atom. The fraction of sp³-hybridized carbons (Fsp3) is 0. The zero-order valence-electron chi connectivity index (χ0n) is 14.6. The van der Waals surface area contributed by atoms with Crippen LogP contribution in [0, 0.1) is 5.82 Å². The molecule has 0 aliphatic carbocycles. The summed E-state index contributed by atoms with van der Waals surface area (Å²) in [5.41, 5.74) is 4.13. The molecular weight excluding hydrogens is 361 g/mol. The van der Waals surface area contributed by atoms with Crippen molar-refractivity contribution in [1.29, 1.82) is 0 Å². The second-order valence-electron chi connectivity index (χ2n) is 5.83. The van der Waals surface area contributed by atoms with Crippen LogP contribution in [0.25, 0.3) is 0 Å². The van der Waals surface area contributed by atoms with Gasteiger partial charge in [0.2, 0.25) is 0 Å². The van der Waals surface area contributed by atoms with E-state index in [1.807, 2.05) is 0 Å². The minimum Gasteiger partial charge on any atom is -0.508 e. The van der Waals surface area contributed by atoms with Gasteiger partial charge in [0.25, 0.3) is 11.8 Å². The van der Waals surface area contributed by atoms with Crippen molar-refractivity contribution in [3.8, 4) is 5.75 Å². The molecule has 0 saturated carbocycles. The maximum absolute atomic E-state index is 12.9. The number of benzene rings is 3. The smallest absolute Gasteiger partial charge is 0.271 e. The van der Waals surface area contributed by atoms with Crippen molar-refractivity contribution in [2.24, 2.45) is 5.10 Å². The molecule has 0 saturated heterocycles. The van der Waals surface area contributed by atoms with Crippen molar-refractivity contribution in [2.75, 3.05) is 5.32 Å². The highest BCUT2D eigenvalue weighted by molar-refractivity contribution is 6.05. The number of carbonyl (C=O) groups is 2. The van der Waals surface area contributed by atoms with Gasteiger partial charge in [-0.05, 0) is 72.3 Å². The molecule has 3 rings (SSSR count). The van der Waals surface area contributed by atoms with Crippen molar-refractivity contribution < 1.29 is 19.1 Å². The van der Waals surface area contributed by atoms with E-state index in [9.17, 15) is 19.1 Å². The number of nitrogens with one attached hydrogen (secondary N) is 2. The number of phenolic OH excluding ortho intramolecular Hbond substituents is 1. The molecule has 0 spiro atoms. The van der Waals surface area contributed by atoms with Crippen molar-refractivity contribution in [3.05, 3.63) is 95.3 Å². The molecule has 3 aromatic rings. The quantitative estimate of drug-likeness (QED) is 0.469. The topological polar surface area (TPSA) is 90.8 Å². The van der Waals surface area contributed by atoms with Crippen molar-refractivity contribution in [3.63, 3.8) is 0 Å². The monoisotopic (exact) mass is 377 g/mol. The van der Waals surface area contributed by atoms with Gasteiger partial charge in [0.1, 0.15) is 11.6 Å². The van der Waals surface area contributed by atoms with Crippen LogP contribution < -0.4 is 10.7 Å². The van der Waals surface area contributed by atoms with Crippen molar-refractivity contribution in [2.45, 2.75) is 0 Å². The number of halogens is 1. The number of hydrogen-bond donors (Lipinski definition) is 3. The first-order valence-electron chi connectivity index (χ1n) is 8.31. The summed E-state index contributed by atoms with van der Waals surface area (Å²) in [6.45, 7) is 0. The lowest BCUT2D eigenvalue weighted by Crippen LogP contribution is -2.18. The van der Waals surface area contributed by atoms with E-state index in [1.165, 1.54) is 48.7 Å². The number of aromatic hydroxyl groups is 1. The van der Waals surface area contributed by atoms with Crippen molar-refractivity contribution in [1.82, 2.24) is 5.43 Å². The summed E-state index contributed by atoms with van der Waals surface area (Å²) in [4.78, 5) is 24.4. The highest BCUT2D eigenvalue weighted by Gasteiger charge is 2.09. The molecule has 6 nitrogen and oxygen atoms in total. The summed E-state index contributed by atoms with van der Waals surface area (Å²) in [5.74, 6) is -1.15. The number of hydrogen-bond acceptors (Lipinski definition) is 4. The van der Waals surface area contributed by atoms with Crippen molar-refractivity contribution >= 4 is 23.7 Å². The molecule has 7 heteroatoms.